The van der Waals surface area contributed by atoms with Gasteiger partial charge in [-0.05, 0) is 66.4 Å². The van der Waals surface area contributed by atoms with Crippen LogP contribution in [0.1, 0.15) is 70.0 Å². The number of alkyl halides is 6. The molecule has 0 saturated heterocycles. The zero-order valence-corrected chi connectivity index (χ0v) is 28.5. The van der Waals surface area contributed by atoms with Crippen molar-refractivity contribution in [1.29, 1.82) is 0 Å². The molecule has 0 bridgehead atoms. The van der Waals surface area contributed by atoms with Gasteiger partial charge in [0.05, 0.1) is 23.3 Å². The van der Waals surface area contributed by atoms with Crippen LogP contribution < -0.4 is 15.9 Å². The molecule has 3 aromatic rings. The molecule has 11 heteroatoms. The number of amides is 1. The third kappa shape index (κ3) is 8.98. The van der Waals surface area contributed by atoms with Gasteiger partial charge in [0.15, 0.2) is 0 Å². The zero-order chi connectivity index (χ0) is 33.7. The van der Waals surface area contributed by atoms with Gasteiger partial charge in [0.25, 0.3) is 5.91 Å². The molecule has 0 aliphatic heterocycles. The second kappa shape index (κ2) is 14.8. The van der Waals surface area contributed by atoms with E-state index in [2.05, 4.69) is 46.9 Å². The molecule has 0 saturated carbocycles. The Morgan fingerprint density at radius 2 is 1.11 bits per heavy atom. The molecule has 1 N–H and O–H groups in total. The predicted octanol–water partition coefficient (Wildman–Crippen LogP) is 9.54. The van der Waals surface area contributed by atoms with Crippen LogP contribution in [-0.4, -0.2) is 32.5 Å². The van der Waals surface area contributed by atoms with Crippen LogP contribution in [0.15, 0.2) is 78.9 Å². The van der Waals surface area contributed by atoms with E-state index < -0.39 is 63.3 Å². The topological polar surface area (TPSA) is 38.3 Å². The molecule has 0 radical (unpaired) electrons. The highest BCUT2D eigenvalue weighted by molar-refractivity contribution is 7.73. The van der Waals surface area contributed by atoms with E-state index in [4.69, 9.17) is 4.43 Å². The van der Waals surface area contributed by atoms with Crippen molar-refractivity contribution in [2.24, 2.45) is 0 Å². The maximum absolute atomic E-state index is 13.7. The maximum Gasteiger partial charge on any atom is 0.416 e. The van der Waals surface area contributed by atoms with E-state index in [0.29, 0.717) is 18.3 Å². The van der Waals surface area contributed by atoms with Gasteiger partial charge in [0, 0.05) is 5.56 Å². The molecule has 3 nitrogen and oxygen atoms in total. The van der Waals surface area contributed by atoms with E-state index in [0.717, 1.165) is 10.6 Å². The molecule has 0 fully saturated rings. The van der Waals surface area contributed by atoms with E-state index in [-0.39, 0.29) is 22.7 Å². The quantitative estimate of drug-likeness (QED) is 0.119. The lowest BCUT2D eigenvalue weighted by Gasteiger charge is -2.45. The number of carbonyl (C=O) groups is 1. The Hall–Kier alpha value is -2.68. The molecule has 3 rings (SSSR count). The average molecular weight is 670 g/mol. The largest absolute Gasteiger partial charge is 0.416 e. The summed E-state index contributed by atoms with van der Waals surface area (Å²) < 4.78 is 88.9. The molecule has 45 heavy (non-hydrogen) atoms. The first-order chi connectivity index (χ1) is 20.9. The molecule has 0 aliphatic rings. The Labute approximate surface area is 264 Å². The fourth-order valence-electron chi connectivity index (χ4n) is 6.23. The lowest BCUT2D eigenvalue weighted by atomic mass is 10.0. The molecule has 0 aromatic heterocycles. The van der Waals surface area contributed by atoms with Crippen LogP contribution in [0, 0.1) is 0 Å². The molecule has 3 aromatic carbocycles. The monoisotopic (exact) mass is 669 g/mol. The van der Waals surface area contributed by atoms with Crippen LogP contribution in [0.4, 0.5) is 26.3 Å². The van der Waals surface area contributed by atoms with Crippen molar-refractivity contribution in [3.8, 4) is 0 Å². The van der Waals surface area contributed by atoms with Gasteiger partial charge < -0.3 is 9.74 Å². The van der Waals surface area contributed by atoms with E-state index in [1.165, 1.54) is 0 Å². The van der Waals surface area contributed by atoms with Crippen LogP contribution in [0.25, 0.3) is 0 Å². The van der Waals surface area contributed by atoms with Crippen LogP contribution in [0.2, 0.25) is 16.6 Å². The van der Waals surface area contributed by atoms with Crippen molar-refractivity contribution in [3.63, 3.8) is 0 Å². The molecular weight excluding hydrogens is 627 g/mol. The number of benzene rings is 3. The molecule has 246 valence electrons. The van der Waals surface area contributed by atoms with Crippen molar-refractivity contribution < 1.29 is 35.6 Å². The molecule has 2 atom stereocenters. The number of nitrogens with one attached hydrogen (secondary N) is 1. The van der Waals surface area contributed by atoms with Crippen molar-refractivity contribution in [2.45, 2.75) is 89.6 Å². The Bertz CT molecular complexity index is 1300. The molecular formula is C34H42F6NO2PSi. The summed E-state index contributed by atoms with van der Waals surface area (Å²) in [6.45, 7) is 14.6. The minimum atomic E-state index is -5.07. The normalized spacial score (nSPS) is 14.3. The lowest BCUT2D eigenvalue weighted by molar-refractivity contribution is -0.143. The summed E-state index contributed by atoms with van der Waals surface area (Å²) in [5.74, 6) is -1.02. The molecule has 0 spiro atoms. The first-order valence-electron chi connectivity index (χ1n) is 15.0. The van der Waals surface area contributed by atoms with Gasteiger partial charge >= 0.3 is 12.4 Å². The number of carbonyl (C=O) groups excluding carboxylic acids is 1. The number of halogens is 6. The average Bonchev–Trinajstić information content (AvgIpc) is 2.96. The SMILES string of the molecule is CC(C)[Si](O[C@H](C)[C@@H](CP(c1ccccc1)c1ccccc1)NC(=O)c1cc(C(F)(F)F)cc(C(F)(F)F)c1)(C(C)C)C(C)C. The Morgan fingerprint density at radius 1 is 0.711 bits per heavy atom. The number of hydrogen-bond donors (Lipinski definition) is 1. The summed E-state index contributed by atoms with van der Waals surface area (Å²) in [7, 11) is -3.60. The van der Waals surface area contributed by atoms with E-state index in [9.17, 15) is 31.1 Å². The third-order valence-electron chi connectivity index (χ3n) is 8.35. The zero-order valence-electron chi connectivity index (χ0n) is 26.6. The first kappa shape index (κ1) is 36.8. The van der Waals surface area contributed by atoms with Gasteiger partial charge in [-0.1, -0.05) is 102 Å². The van der Waals surface area contributed by atoms with Crippen molar-refractivity contribution in [2.75, 3.05) is 6.16 Å². The van der Waals surface area contributed by atoms with Gasteiger partial charge in [0.1, 0.15) is 0 Å². The predicted molar refractivity (Wildman–Crippen MR) is 173 cm³/mol. The Kier molecular flexibility index (Phi) is 12.1. The van der Waals surface area contributed by atoms with Gasteiger partial charge in [-0.3, -0.25) is 4.79 Å². The van der Waals surface area contributed by atoms with Gasteiger partial charge in [-0.25, -0.2) is 0 Å². The second-order valence-corrected chi connectivity index (χ2v) is 20.0. The molecule has 0 aliphatic carbocycles. The van der Waals surface area contributed by atoms with Crippen LogP contribution in [0.3, 0.4) is 0 Å². The highest BCUT2D eigenvalue weighted by Gasteiger charge is 2.47. The number of rotatable bonds is 12. The van der Waals surface area contributed by atoms with Crippen LogP contribution >= 0.6 is 7.92 Å². The fourth-order valence-corrected chi connectivity index (χ4v) is 14.4. The highest BCUT2D eigenvalue weighted by Crippen LogP contribution is 2.44. The second-order valence-electron chi connectivity index (χ2n) is 12.3. The minimum absolute atomic E-state index is 0.0257. The molecule has 0 heterocycles. The summed E-state index contributed by atoms with van der Waals surface area (Å²) in [5.41, 5.74) is -3.16. The van der Waals surface area contributed by atoms with Crippen LogP contribution in [-0.2, 0) is 16.8 Å². The summed E-state index contributed by atoms with van der Waals surface area (Å²) in [6.07, 6.45) is -10.4. The standard InChI is InChI=1S/C34H42F6NO2PSi/c1-22(2)45(23(3)4,24(5)6)43-25(7)31(21-44(29-14-10-8-11-15-29)30-16-12-9-13-17-30)41-32(42)26-18-27(33(35,36)37)20-28(19-26)34(38,39)40/h8-20,22-25,31H,21H2,1-7H3,(H,41,42)/t25-,31-/m1/s1. The lowest BCUT2D eigenvalue weighted by Crippen LogP contribution is -2.55. The van der Waals surface area contributed by atoms with Crippen molar-refractivity contribution >= 4 is 32.8 Å². The summed E-state index contributed by atoms with van der Waals surface area (Å²) in [6, 6.07) is 19.6. The smallest absolute Gasteiger partial charge is 0.411 e. The van der Waals surface area contributed by atoms with E-state index in [1.807, 2.05) is 67.6 Å². The summed E-state index contributed by atoms with van der Waals surface area (Å²) in [4.78, 5) is 13.7. The van der Waals surface area contributed by atoms with Gasteiger partial charge in [0.2, 0.25) is 8.32 Å². The van der Waals surface area contributed by atoms with Crippen molar-refractivity contribution in [1.82, 2.24) is 5.32 Å². The van der Waals surface area contributed by atoms with Gasteiger partial charge in [-0.15, -0.1) is 0 Å². The minimum Gasteiger partial charge on any atom is -0.411 e. The Morgan fingerprint density at radius 3 is 1.47 bits per heavy atom. The molecule has 1 amide bonds. The molecule has 0 unspecified atom stereocenters. The summed E-state index contributed by atoms with van der Waals surface area (Å²) in [5, 5.41) is 4.87. The maximum atomic E-state index is 13.7. The van der Waals surface area contributed by atoms with E-state index in [1.54, 1.807) is 0 Å². The highest BCUT2D eigenvalue weighted by atomic mass is 31.1. The summed E-state index contributed by atoms with van der Waals surface area (Å²) >= 11 is 0. The third-order valence-corrected chi connectivity index (χ3v) is 17.1. The fraction of sp³-hybridized carbons (Fsp3) is 0.441. The first-order valence-corrected chi connectivity index (χ1v) is 18.7. The van der Waals surface area contributed by atoms with Gasteiger partial charge in [-0.2, -0.15) is 26.3 Å². The van der Waals surface area contributed by atoms with E-state index >= 15 is 0 Å². The van der Waals surface area contributed by atoms with Crippen molar-refractivity contribution in [3.05, 3.63) is 95.6 Å². The Balaban J connectivity index is 2.13. The number of hydrogen-bond acceptors (Lipinski definition) is 2. The van der Waals surface area contributed by atoms with Crippen LogP contribution in [0.5, 0.6) is 0 Å².